The Morgan fingerprint density at radius 3 is 1.74 bits per heavy atom. The van der Waals surface area contributed by atoms with Gasteiger partial charge in [0.2, 0.25) is 0 Å². The van der Waals surface area contributed by atoms with Crippen molar-refractivity contribution in [2.24, 2.45) is 0 Å². The van der Waals surface area contributed by atoms with Gasteiger partial charge < -0.3 is 14.9 Å². The monoisotopic (exact) mass is 260 g/mol. The molecule has 3 nitrogen and oxygen atoms in total. The second-order valence-electron chi connectivity index (χ2n) is 5.41. The lowest BCUT2D eigenvalue weighted by Gasteiger charge is -2.25. The summed E-state index contributed by atoms with van der Waals surface area (Å²) in [6.07, 6.45) is 7.35. The minimum atomic E-state index is -0.366. The first kappa shape index (κ1) is 12.9. The van der Waals surface area contributed by atoms with Crippen LogP contribution in [0.15, 0.2) is 36.4 Å². The molecule has 2 aliphatic heterocycles. The lowest BCUT2D eigenvalue weighted by Crippen LogP contribution is -2.24. The Balaban J connectivity index is 1.98. The number of rotatable bonds is 6. The standard InChI is InChI=1S/C16H20O3/c17-11-3-7-15-9-10-16(19-15,8-4-12-18)14-6-2-1-5-13(14)15/h1-2,5-6,9-10,17-18H,3-4,7-8,11-12H2. The molecule has 0 saturated heterocycles. The van der Waals surface area contributed by atoms with Crippen molar-refractivity contribution in [1.82, 2.24) is 0 Å². The van der Waals surface area contributed by atoms with Crippen LogP contribution in [-0.2, 0) is 15.9 Å². The molecule has 3 heteroatoms. The van der Waals surface area contributed by atoms with E-state index in [1.54, 1.807) is 0 Å². The van der Waals surface area contributed by atoms with Gasteiger partial charge in [-0.3, -0.25) is 0 Å². The predicted octanol–water partition coefficient (Wildman–Crippen LogP) is 2.22. The molecule has 19 heavy (non-hydrogen) atoms. The van der Waals surface area contributed by atoms with Crippen LogP contribution in [0.3, 0.4) is 0 Å². The van der Waals surface area contributed by atoms with Crippen molar-refractivity contribution in [3.63, 3.8) is 0 Å². The lowest BCUT2D eigenvalue weighted by atomic mass is 9.78. The van der Waals surface area contributed by atoms with E-state index in [0.29, 0.717) is 0 Å². The van der Waals surface area contributed by atoms with E-state index in [0.717, 1.165) is 25.7 Å². The van der Waals surface area contributed by atoms with Crippen LogP contribution in [0.5, 0.6) is 0 Å². The zero-order valence-corrected chi connectivity index (χ0v) is 11.0. The molecule has 102 valence electrons. The van der Waals surface area contributed by atoms with Gasteiger partial charge in [0.05, 0.1) is 0 Å². The first-order valence-corrected chi connectivity index (χ1v) is 6.99. The maximum Gasteiger partial charge on any atom is 0.113 e. The van der Waals surface area contributed by atoms with E-state index in [4.69, 9.17) is 14.9 Å². The van der Waals surface area contributed by atoms with Gasteiger partial charge in [-0.15, -0.1) is 0 Å². The number of hydrogen-bond acceptors (Lipinski definition) is 3. The maximum absolute atomic E-state index is 9.09. The van der Waals surface area contributed by atoms with E-state index in [1.807, 2.05) is 12.1 Å². The van der Waals surface area contributed by atoms with Crippen molar-refractivity contribution >= 4 is 0 Å². The van der Waals surface area contributed by atoms with Gasteiger partial charge >= 0.3 is 0 Å². The van der Waals surface area contributed by atoms with Gasteiger partial charge in [0.1, 0.15) is 11.2 Å². The Hall–Kier alpha value is -1.16. The Morgan fingerprint density at radius 2 is 1.32 bits per heavy atom. The van der Waals surface area contributed by atoms with Crippen molar-refractivity contribution in [3.05, 3.63) is 47.5 Å². The van der Waals surface area contributed by atoms with Crippen LogP contribution in [0.25, 0.3) is 0 Å². The number of ether oxygens (including phenoxy) is 1. The fraction of sp³-hybridized carbons (Fsp3) is 0.500. The molecular weight excluding hydrogens is 240 g/mol. The van der Waals surface area contributed by atoms with Gasteiger partial charge in [0.15, 0.2) is 0 Å². The quantitative estimate of drug-likeness (QED) is 0.771. The average Bonchev–Trinajstić information content (AvgIpc) is 2.96. The molecule has 0 aromatic heterocycles. The molecule has 0 radical (unpaired) electrons. The van der Waals surface area contributed by atoms with Crippen molar-refractivity contribution in [1.29, 1.82) is 0 Å². The predicted molar refractivity (Wildman–Crippen MR) is 72.7 cm³/mol. The molecule has 3 rings (SSSR count). The highest BCUT2D eigenvalue weighted by Crippen LogP contribution is 2.57. The third-order valence-electron chi connectivity index (χ3n) is 4.24. The second-order valence-corrected chi connectivity index (χ2v) is 5.41. The average molecular weight is 260 g/mol. The van der Waals surface area contributed by atoms with Crippen LogP contribution < -0.4 is 0 Å². The fourth-order valence-corrected chi connectivity index (χ4v) is 3.39. The summed E-state index contributed by atoms with van der Waals surface area (Å²) >= 11 is 0. The molecule has 2 bridgehead atoms. The largest absolute Gasteiger partial charge is 0.396 e. The maximum atomic E-state index is 9.09. The molecule has 0 spiro atoms. The SMILES string of the molecule is OCCCC12C=CC(CCCO)(O1)c1ccccc12. The number of benzene rings is 1. The zero-order valence-electron chi connectivity index (χ0n) is 11.0. The zero-order chi connectivity index (χ0) is 13.3. The molecular formula is C16H20O3. The van der Waals surface area contributed by atoms with Crippen molar-refractivity contribution in [3.8, 4) is 0 Å². The summed E-state index contributed by atoms with van der Waals surface area (Å²) in [6.45, 7) is 0.371. The topological polar surface area (TPSA) is 49.7 Å². The lowest BCUT2D eigenvalue weighted by molar-refractivity contribution is -0.0827. The summed E-state index contributed by atoms with van der Waals surface area (Å²) in [5, 5.41) is 18.2. The van der Waals surface area contributed by atoms with Crippen molar-refractivity contribution < 1.29 is 14.9 Å². The number of fused-ring (bicyclic) bond motifs is 5. The Labute approximate surface area is 113 Å². The van der Waals surface area contributed by atoms with Crippen molar-refractivity contribution in [2.45, 2.75) is 36.9 Å². The van der Waals surface area contributed by atoms with Crippen molar-refractivity contribution in [2.75, 3.05) is 13.2 Å². The molecule has 0 amide bonds. The summed E-state index contributed by atoms with van der Waals surface area (Å²) in [5.41, 5.74) is 1.72. The van der Waals surface area contributed by atoms with E-state index >= 15 is 0 Å². The highest BCUT2D eigenvalue weighted by atomic mass is 16.5. The molecule has 1 aromatic rings. The molecule has 2 atom stereocenters. The second kappa shape index (κ2) is 4.75. The molecule has 0 aliphatic carbocycles. The van der Waals surface area contributed by atoms with Crippen LogP contribution in [0, 0.1) is 0 Å². The third-order valence-corrected chi connectivity index (χ3v) is 4.24. The Bertz CT molecular complexity index is 454. The number of hydrogen-bond donors (Lipinski definition) is 2. The van der Waals surface area contributed by atoms with Crippen LogP contribution in [-0.4, -0.2) is 23.4 Å². The van der Waals surface area contributed by atoms with E-state index in [9.17, 15) is 0 Å². The molecule has 0 fully saturated rings. The Kier molecular flexibility index (Phi) is 3.21. The first-order chi connectivity index (χ1) is 9.26. The molecule has 0 saturated carbocycles. The minimum absolute atomic E-state index is 0.185. The van der Waals surface area contributed by atoms with E-state index in [1.165, 1.54) is 11.1 Å². The smallest absolute Gasteiger partial charge is 0.113 e. The third kappa shape index (κ3) is 1.84. The summed E-state index contributed by atoms with van der Waals surface area (Å²) < 4.78 is 6.39. The van der Waals surface area contributed by atoms with Gasteiger partial charge in [0, 0.05) is 13.2 Å². The molecule has 2 N–H and O–H groups in total. The van der Waals surface area contributed by atoms with Gasteiger partial charge in [0.25, 0.3) is 0 Å². The highest BCUT2D eigenvalue weighted by Gasteiger charge is 2.54. The van der Waals surface area contributed by atoms with E-state index in [-0.39, 0.29) is 24.4 Å². The van der Waals surface area contributed by atoms with Crippen LogP contribution >= 0.6 is 0 Å². The van der Waals surface area contributed by atoms with Gasteiger partial charge in [-0.1, -0.05) is 24.3 Å². The van der Waals surface area contributed by atoms with Gasteiger partial charge in [-0.25, -0.2) is 0 Å². The molecule has 2 aliphatic rings. The molecule has 2 heterocycles. The summed E-state index contributed by atoms with van der Waals surface area (Å²) in [6, 6.07) is 8.32. The summed E-state index contributed by atoms with van der Waals surface area (Å²) in [5.74, 6) is 0. The summed E-state index contributed by atoms with van der Waals surface area (Å²) in [7, 11) is 0. The number of aliphatic hydroxyl groups is 2. The van der Waals surface area contributed by atoms with E-state index < -0.39 is 0 Å². The summed E-state index contributed by atoms with van der Waals surface area (Å²) in [4.78, 5) is 0. The minimum Gasteiger partial charge on any atom is -0.396 e. The van der Waals surface area contributed by atoms with Crippen LogP contribution in [0.1, 0.15) is 36.8 Å². The van der Waals surface area contributed by atoms with E-state index in [2.05, 4.69) is 24.3 Å². The van der Waals surface area contributed by atoms with Crippen LogP contribution in [0.4, 0.5) is 0 Å². The molecule has 1 aromatic carbocycles. The van der Waals surface area contributed by atoms with Gasteiger partial charge in [-0.2, -0.15) is 0 Å². The molecule has 2 unspecified atom stereocenters. The number of aliphatic hydroxyl groups excluding tert-OH is 2. The Morgan fingerprint density at radius 1 is 0.842 bits per heavy atom. The van der Waals surface area contributed by atoms with Gasteiger partial charge in [-0.05, 0) is 49.0 Å². The fourth-order valence-electron chi connectivity index (χ4n) is 3.39. The highest BCUT2D eigenvalue weighted by molar-refractivity contribution is 5.51. The van der Waals surface area contributed by atoms with Crippen LogP contribution in [0.2, 0.25) is 0 Å². The first-order valence-electron chi connectivity index (χ1n) is 6.99. The normalized spacial score (nSPS) is 30.8.